The predicted molar refractivity (Wildman–Crippen MR) is 84.9 cm³/mol. The summed E-state index contributed by atoms with van der Waals surface area (Å²) >= 11 is 1.63. The molecule has 3 rings (SSSR count). The summed E-state index contributed by atoms with van der Waals surface area (Å²) in [6.45, 7) is 4.73. The monoisotopic (exact) mass is 320 g/mol. The fourth-order valence-electron chi connectivity index (χ4n) is 3.10. The Morgan fingerprint density at radius 3 is 2.77 bits per heavy atom. The van der Waals surface area contributed by atoms with Gasteiger partial charge in [0.25, 0.3) is 0 Å². The molecule has 0 aliphatic heterocycles. The number of hydrogen-bond acceptors (Lipinski definition) is 4. The van der Waals surface area contributed by atoms with Crippen molar-refractivity contribution in [3.63, 3.8) is 0 Å². The van der Waals surface area contributed by atoms with Crippen LogP contribution in [0.1, 0.15) is 31.0 Å². The molecule has 2 heterocycles. The molecule has 0 spiro atoms. The molecule has 0 saturated heterocycles. The van der Waals surface area contributed by atoms with Crippen molar-refractivity contribution in [2.24, 2.45) is 12.5 Å². The van der Waals surface area contributed by atoms with Crippen LogP contribution in [0, 0.1) is 5.41 Å². The van der Waals surface area contributed by atoms with Gasteiger partial charge < -0.3 is 5.32 Å². The smallest absolute Gasteiger partial charge is 0.343 e. The zero-order valence-corrected chi connectivity index (χ0v) is 13.8. The van der Waals surface area contributed by atoms with Crippen LogP contribution in [0.3, 0.4) is 0 Å². The van der Waals surface area contributed by atoms with E-state index in [4.69, 9.17) is 0 Å². The molecule has 1 aliphatic rings. The largest absolute Gasteiger partial charge is 0.355 e. The Morgan fingerprint density at radius 2 is 2.27 bits per heavy atom. The zero-order valence-electron chi connectivity index (χ0n) is 13.0. The number of aromatic amines is 1. The van der Waals surface area contributed by atoms with Crippen molar-refractivity contribution in [2.75, 3.05) is 6.54 Å². The van der Waals surface area contributed by atoms with E-state index in [1.807, 2.05) is 17.5 Å². The topological polar surface area (TPSA) is 79.8 Å². The van der Waals surface area contributed by atoms with Crippen LogP contribution in [-0.4, -0.2) is 27.2 Å². The SMILES string of the molecule is Cn1c(CCNC(=O)C2(c3cccs3)CC2(C)C)n[nH]c1=O. The van der Waals surface area contributed by atoms with Crippen molar-refractivity contribution in [3.8, 4) is 0 Å². The van der Waals surface area contributed by atoms with Gasteiger partial charge in [-0.2, -0.15) is 5.10 Å². The Bertz CT molecular complexity index is 744. The van der Waals surface area contributed by atoms with Gasteiger partial charge in [0.2, 0.25) is 5.91 Å². The molecule has 1 saturated carbocycles. The van der Waals surface area contributed by atoms with E-state index in [1.165, 1.54) is 4.57 Å². The van der Waals surface area contributed by atoms with Crippen LogP contribution < -0.4 is 11.0 Å². The zero-order chi connectivity index (χ0) is 16.0. The quantitative estimate of drug-likeness (QED) is 0.868. The summed E-state index contributed by atoms with van der Waals surface area (Å²) in [6.07, 6.45) is 1.40. The van der Waals surface area contributed by atoms with Crippen LogP contribution in [0.2, 0.25) is 0 Å². The van der Waals surface area contributed by atoms with Gasteiger partial charge in [-0.05, 0) is 23.3 Å². The summed E-state index contributed by atoms with van der Waals surface area (Å²) in [5.41, 5.74) is -0.653. The summed E-state index contributed by atoms with van der Waals surface area (Å²) in [5, 5.41) is 11.4. The standard InChI is InChI=1S/C15H20N4O2S/c1-14(2)9-15(14,10-5-4-8-22-10)12(20)16-7-6-11-17-18-13(21)19(11)3/h4-5,8H,6-7,9H2,1-3H3,(H,16,20)(H,18,21). The summed E-state index contributed by atoms with van der Waals surface area (Å²) in [4.78, 5) is 25.2. The number of nitrogens with one attached hydrogen (secondary N) is 2. The fourth-order valence-corrected chi connectivity index (χ4v) is 4.21. The molecule has 1 unspecified atom stereocenters. The molecule has 2 aromatic heterocycles. The molecule has 2 N–H and O–H groups in total. The highest BCUT2D eigenvalue weighted by Gasteiger charge is 2.67. The van der Waals surface area contributed by atoms with Gasteiger partial charge in [-0.1, -0.05) is 19.9 Å². The van der Waals surface area contributed by atoms with E-state index >= 15 is 0 Å². The van der Waals surface area contributed by atoms with Gasteiger partial charge in [-0.25, -0.2) is 9.89 Å². The first-order valence-electron chi connectivity index (χ1n) is 7.31. The second kappa shape index (κ2) is 5.08. The van der Waals surface area contributed by atoms with E-state index in [9.17, 15) is 9.59 Å². The van der Waals surface area contributed by atoms with Crippen LogP contribution >= 0.6 is 11.3 Å². The molecule has 0 bridgehead atoms. The number of H-pyrrole nitrogens is 1. The van der Waals surface area contributed by atoms with Crippen LogP contribution in [-0.2, 0) is 23.7 Å². The highest BCUT2D eigenvalue weighted by Crippen LogP contribution is 2.65. The van der Waals surface area contributed by atoms with Crippen molar-refractivity contribution < 1.29 is 4.79 Å². The molecule has 0 aromatic carbocycles. The first-order valence-corrected chi connectivity index (χ1v) is 8.19. The normalized spacial score (nSPS) is 22.5. The van der Waals surface area contributed by atoms with Crippen molar-refractivity contribution in [1.82, 2.24) is 20.1 Å². The molecule has 0 radical (unpaired) electrons. The maximum absolute atomic E-state index is 12.7. The third kappa shape index (κ3) is 2.20. The van der Waals surface area contributed by atoms with Crippen molar-refractivity contribution >= 4 is 17.2 Å². The second-order valence-corrected chi connectivity index (χ2v) is 7.40. The Kier molecular flexibility index (Phi) is 3.47. The maximum Gasteiger partial charge on any atom is 0.343 e. The lowest BCUT2D eigenvalue weighted by molar-refractivity contribution is -0.124. The number of carbonyl (C=O) groups is 1. The maximum atomic E-state index is 12.7. The van der Waals surface area contributed by atoms with Crippen LogP contribution in [0.15, 0.2) is 22.3 Å². The molecular weight excluding hydrogens is 300 g/mol. The predicted octanol–water partition coefficient (Wildman–Crippen LogP) is 1.20. The number of thiophene rings is 1. The third-order valence-corrected chi connectivity index (χ3v) is 5.71. The molecular formula is C15H20N4O2S. The van der Waals surface area contributed by atoms with Gasteiger partial charge in [-0.15, -0.1) is 11.3 Å². The molecule has 2 aromatic rings. The molecule has 7 heteroatoms. The second-order valence-electron chi connectivity index (χ2n) is 6.45. The first kappa shape index (κ1) is 15.0. The average Bonchev–Trinajstić information content (AvgIpc) is 2.87. The molecule has 1 atom stereocenters. The Hall–Kier alpha value is -1.89. The van der Waals surface area contributed by atoms with Gasteiger partial charge in [0, 0.05) is 24.9 Å². The van der Waals surface area contributed by atoms with E-state index in [-0.39, 0.29) is 17.0 Å². The Labute approximate surface area is 132 Å². The van der Waals surface area contributed by atoms with E-state index in [2.05, 4.69) is 29.4 Å². The number of aromatic nitrogens is 3. The lowest BCUT2D eigenvalue weighted by atomic mass is 9.93. The minimum atomic E-state index is -0.404. The van der Waals surface area contributed by atoms with E-state index < -0.39 is 5.41 Å². The van der Waals surface area contributed by atoms with Gasteiger partial charge >= 0.3 is 5.69 Å². The van der Waals surface area contributed by atoms with E-state index in [1.54, 1.807) is 18.4 Å². The Balaban J connectivity index is 1.67. The van der Waals surface area contributed by atoms with E-state index in [0.29, 0.717) is 18.8 Å². The molecule has 1 amide bonds. The first-order chi connectivity index (χ1) is 10.4. The molecule has 22 heavy (non-hydrogen) atoms. The van der Waals surface area contributed by atoms with Gasteiger partial charge in [0.15, 0.2) is 0 Å². The number of carbonyl (C=O) groups excluding carboxylic acids is 1. The number of rotatable bonds is 5. The van der Waals surface area contributed by atoms with Crippen LogP contribution in [0.4, 0.5) is 0 Å². The van der Waals surface area contributed by atoms with Gasteiger partial charge in [0.1, 0.15) is 5.82 Å². The van der Waals surface area contributed by atoms with Gasteiger partial charge in [0.05, 0.1) is 5.41 Å². The highest BCUT2D eigenvalue weighted by atomic mass is 32.1. The van der Waals surface area contributed by atoms with Crippen molar-refractivity contribution in [1.29, 1.82) is 0 Å². The lowest BCUT2D eigenvalue weighted by Crippen LogP contribution is -2.38. The number of amides is 1. The fraction of sp³-hybridized carbons (Fsp3) is 0.533. The average molecular weight is 320 g/mol. The summed E-state index contributed by atoms with van der Waals surface area (Å²) in [7, 11) is 1.67. The summed E-state index contributed by atoms with van der Waals surface area (Å²) < 4.78 is 1.46. The number of hydrogen-bond donors (Lipinski definition) is 2. The third-order valence-electron chi connectivity index (χ3n) is 4.67. The minimum absolute atomic E-state index is 0.0128. The molecule has 118 valence electrons. The number of nitrogens with zero attached hydrogens (tertiary/aromatic N) is 2. The van der Waals surface area contributed by atoms with Crippen LogP contribution in [0.25, 0.3) is 0 Å². The highest BCUT2D eigenvalue weighted by molar-refractivity contribution is 7.10. The minimum Gasteiger partial charge on any atom is -0.355 e. The van der Waals surface area contributed by atoms with Crippen molar-refractivity contribution in [3.05, 3.63) is 38.7 Å². The molecule has 6 nitrogen and oxygen atoms in total. The molecule has 1 fully saturated rings. The van der Waals surface area contributed by atoms with Crippen molar-refractivity contribution in [2.45, 2.75) is 32.1 Å². The summed E-state index contributed by atoms with van der Waals surface area (Å²) in [6, 6.07) is 4.03. The Morgan fingerprint density at radius 1 is 1.55 bits per heavy atom. The van der Waals surface area contributed by atoms with Crippen LogP contribution in [0.5, 0.6) is 0 Å². The van der Waals surface area contributed by atoms with Gasteiger partial charge in [-0.3, -0.25) is 9.36 Å². The lowest BCUT2D eigenvalue weighted by Gasteiger charge is -2.18. The van der Waals surface area contributed by atoms with E-state index in [0.717, 1.165) is 11.3 Å². The molecule has 1 aliphatic carbocycles. The summed E-state index contributed by atoms with van der Waals surface area (Å²) in [5.74, 6) is 0.714.